The molecule has 3 amide bonds. The van der Waals surface area contributed by atoms with Crippen LogP contribution >= 0.6 is 11.6 Å². The summed E-state index contributed by atoms with van der Waals surface area (Å²) in [6, 6.07) is 5.74. The number of hydrogen-bond acceptors (Lipinski definition) is 3. The summed E-state index contributed by atoms with van der Waals surface area (Å²) < 4.78 is 0. The monoisotopic (exact) mass is 280 g/mol. The second-order valence-corrected chi connectivity index (χ2v) is 4.71. The minimum atomic E-state index is -0.610. The van der Waals surface area contributed by atoms with E-state index in [1.165, 1.54) is 4.90 Å². The van der Waals surface area contributed by atoms with Crippen molar-refractivity contribution < 1.29 is 14.4 Å². The molecule has 1 unspecified atom stereocenters. The van der Waals surface area contributed by atoms with E-state index < -0.39 is 17.9 Å². The Labute approximate surface area is 115 Å². The van der Waals surface area contributed by atoms with Crippen LogP contribution in [0.25, 0.3) is 0 Å². The maximum Gasteiger partial charge on any atom is 0.255 e. The summed E-state index contributed by atoms with van der Waals surface area (Å²) >= 11 is 5.76. The highest BCUT2D eigenvalue weighted by atomic mass is 35.5. The molecule has 1 aromatic carbocycles. The quantitative estimate of drug-likeness (QED) is 0.828. The molecule has 2 rings (SSSR count). The largest absolute Gasteiger partial charge is 0.317 e. The minimum Gasteiger partial charge on any atom is -0.317 e. The molecule has 0 bridgehead atoms. The number of carbonyl (C=O) groups excluding carboxylic acids is 3. The van der Waals surface area contributed by atoms with Crippen LogP contribution in [0, 0.1) is 0 Å². The molecule has 0 spiro atoms. The van der Waals surface area contributed by atoms with Gasteiger partial charge in [-0.05, 0) is 30.7 Å². The van der Waals surface area contributed by atoms with Crippen molar-refractivity contribution in [2.24, 2.45) is 0 Å². The molecule has 19 heavy (non-hydrogen) atoms. The zero-order chi connectivity index (χ0) is 14.0. The highest BCUT2D eigenvalue weighted by Gasteiger charge is 2.35. The fraction of sp³-hybridized carbons (Fsp3) is 0.308. The lowest BCUT2D eigenvalue weighted by Crippen LogP contribution is -2.59. The van der Waals surface area contributed by atoms with Crippen LogP contribution in [-0.4, -0.2) is 35.2 Å². The van der Waals surface area contributed by atoms with Crippen molar-refractivity contribution in [3.63, 3.8) is 0 Å². The van der Waals surface area contributed by atoms with Gasteiger partial charge in [0, 0.05) is 10.6 Å². The molecule has 1 N–H and O–H groups in total. The lowest BCUT2D eigenvalue weighted by atomic mass is 10.1. The van der Waals surface area contributed by atoms with Gasteiger partial charge in [0.2, 0.25) is 11.8 Å². The summed E-state index contributed by atoms with van der Waals surface area (Å²) in [5.41, 5.74) is 0.408. The predicted molar refractivity (Wildman–Crippen MR) is 69.7 cm³/mol. The highest BCUT2D eigenvalue weighted by molar-refractivity contribution is 6.30. The van der Waals surface area contributed by atoms with Crippen LogP contribution in [0.4, 0.5) is 0 Å². The molecule has 1 aliphatic rings. The average Bonchev–Trinajstić information content (AvgIpc) is 2.38. The summed E-state index contributed by atoms with van der Waals surface area (Å²) in [6.07, 6.45) is 0.457. The van der Waals surface area contributed by atoms with Crippen molar-refractivity contribution in [3.8, 4) is 0 Å². The Balaban J connectivity index is 2.27. The standard InChI is InChI=1S/C13H13ClN2O3/c1-2-10-12(18)15-11(17)7-16(10)13(19)8-3-5-9(14)6-4-8/h3-6,10H,2,7H2,1H3,(H,15,17,18). The highest BCUT2D eigenvalue weighted by Crippen LogP contribution is 2.16. The van der Waals surface area contributed by atoms with E-state index >= 15 is 0 Å². The van der Waals surface area contributed by atoms with Crippen LogP contribution in [0.3, 0.4) is 0 Å². The first-order chi connectivity index (χ1) is 9.02. The van der Waals surface area contributed by atoms with Crippen LogP contribution in [0.5, 0.6) is 0 Å². The van der Waals surface area contributed by atoms with Crippen molar-refractivity contribution in [3.05, 3.63) is 34.9 Å². The van der Waals surface area contributed by atoms with Gasteiger partial charge in [-0.3, -0.25) is 19.7 Å². The normalized spacial score (nSPS) is 19.3. The van der Waals surface area contributed by atoms with E-state index in [2.05, 4.69) is 5.32 Å². The van der Waals surface area contributed by atoms with Gasteiger partial charge in [-0.1, -0.05) is 18.5 Å². The lowest BCUT2D eigenvalue weighted by Gasteiger charge is -2.33. The SMILES string of the molecule is CCC1C(=O)NC(=O)CN1C(=O)c1ccc(Cl)cc1. The van der Waals surface area contributed by atoms with Gasteiger partial charge in [0.15, 0.2) is 0 Å². The number of imide groups is 1. The third kappa shape index (κ3) is 2.76. The van der Waals surface area contributed by atoms with Gasteiger partial charge < -0.3 is 4.90 Å². The van der Waals surface area contributed by atoms with Gasteiger partial charge in [-0.15, -0.1) is 0 Å². The van der Waals surface area contributed by atoms with Crippen molar-refractivity contribution >= 4 is 29.3 Å². The van der Waals surface area contributed by atoms with Gasteiger partial charge in [0.1, 0.15) is 12.6 Å². The van der Waals surface area contributed by atoms with E-state index in [1.807, 2.05) is 0 Å². The molecule has 1 fully saturated rings. The van der Waals surface area contributed by atoms with E-state index in [-0.39, 0.29) is 12.5 Å². The second-order valence-electron chi connectivity index (χ2n) is 4.28. The van der Waals surface area contributed by atoms with E-state index in [0.29, 0.717) is 17.0 Å². The molecule has 1 saturated heterocycles. The number of rotatable bonds is 2. The van der Waals surface area contributed by atoms with Crippen LogP contribution < -0.4 is 5.32 Å². The smallest absolute Gasteiger partial charge is 0.255 e. The Morgan fingerprint density at radius 2 is 2.00 bits per heavy atom. The molecule has 1 aromatic rings. The summed E-state index contributed by atoms with van der Waals surface area (Å²) in [7, 11) is 0. The van der Waals surface area contributed by atoms with E-state index in [1.54, 1.807) is 31.2 Å². The Hall–Kier alpha value is -1.88. The number of carbonyl (C=O) groups is 3. The van der Waals surface area contributed by atoms with Gasteiger partial charge >= 0.3 is 0 Å². The minimum absolute atomic E-state index is 0.105. The zero-order valence-electron chi connectivity index (χ0n) is 10.4. The maximum absolute atomic E-state index is 12.3. The molecular weight excluding hydrogens is 268 g/mol. The predicted octanol–water partition coefficient (Wildman–Crippen LogP) is 1.22. The summed E-state index contributed by atoms with van der Waals surface area (Å²) in [4.78, 5) is 36.7. The van der Waals surface area contributed by atoms with E-state index in [4.69, 9.17) is 11.6 Å². The third-order valence-electron chi connectivity index (χ3n) is 2.99. The summed E-state index contributed by atoms with van der Waals surface area (Å²) in [5.74, 6) is -1.23. The summed E-state index contributed by atoms with van der Waals surface area (Å²) in [5, 5.41) is 2.76. The number of halogens is 1. The number of nitrogens with one attached hydrogen (secondary N) is 1. The van der Waals surface area contributed by atoms with Crippen LogP contribution in [0.1, 0.15) is 23.7 Å². The summed E-state index contributed by atoms with van der Waals surface area (Å²) in [6.45, 7) is 1.69. The first-order valence-corrected chi connectivity index (χ1v) is 6.31. The molecule has 0 radical (unpaired) electrons. The Bertz CT molecular complexity index is 527. The number of amides is 3. The maximum atomic E-state index is 12.3. The van der Waals surface area contributed by atoms with Crippen molar-refractivity contribution in [2.75, 3.05) is 6.54 Å². The molecule has 0 saturated carbocycles. The van der Waals surface area contributed by atoms with E-state index in [0.717, 1.165) is 0 Å². The van der Waals surface area contributed by atoms with Crippen molar-refractivity contribution in [2.45, 2.75) is 19.4 Å². The number of nitrogens with zero attached hydrogens (tertiary/aromatic N) is 1. The molecular formula is C13H13ClN2O3. The molecule has 100 valence electrons. The van der Waals surface area contributed by atoms with Crippen molar-refractivity contribution in [1.82, 2.24) is 10.2 Å². The fourth-order valence-electron chi connectivity index (χ4n) is 2.04. The molecule has 5 nitrogen and oxygen atoms in total. The fourth-order valence-corrected chi connectivity index (χ4v) is 2.17. The van der Waals surface area contributed by atoms with Crippen LogP contribution in [0.15, 0.2) is 24.3 Å². The number of piperazine rings is 1. The molecule has 1 heterocycles. The first kappa shape index (κ1) is 13.5. The molecule has 6 heteroatoms. The topological polar surface area (TPSA) is 66.5 Å². The van der Waals surface area contributed by atoms with Crippen LogP contribution in [0.2, 0.25) is 5.02 Å². The molecule has 1 atom stereocenters. The Morgan fingerprint density at radius 3 is 2.58 bits per heavy atom. The zero-order valence-corrected chi connectivity index (χ0v) is 11.1. The van der Waals surface area contributed by atoms with Gasteiger partial charge in [-0.2, -0.15) is 0 Å². The average molecular weight is 281 g/mol. The van der Waals surface area contributed by atoms with Gasteiger partial charge in [0.25, 0.3) is 5.91 Å². The molecule has 1 aliphatic heterocycles. The van der Waals surface area contributed by atoms with E-state index in [9.17, 15) is 14.4 Å². The first-order valence-electron chi connectivity index (χ1n) is 5.93. The second kappa shape index (κ2) is 5.40. The Morgan fingerprint density at radius 1 is 1.37 bits per heavy atom. The Kier molecular flexibility index (Phi) is 3.85. The number of hydrogen-bond donors (Lipinski definition) is 1. The van der Waals surface area contributed by atoms with Gasteiger partial charge in [-0.25, -0.2) is 0 Å². The molecule has 0 aromatic heterocycles. The lowest BCUT2D eigenvalue weighted by molar-refractivity contribution is -0.138. The van der Waals surface area contributed by atoms with Gasteiger partial charge in [0.05, 0.1) is 0 Å². The van der Waals surface area contributed by atoms with Crippen molar-refractivity contribution in [1.29, 1.82) is 0 Å². The van der Waals surface area contributed by atoms with Crippen LogP contribution in [-0.2, 0) is 9.59 Å². The number of benzene rings is 1. The third-order valence-corrected chi connectivity index (χ3v) is 3.25. The molecule has 0 aliphatic carbocycles.